The van der Waals surface area contributed by atoms with Crippen molar-refractivity contribution in [3.8, 4) is 0 Å². The Morgan fingerprint density at radius 1 is 1.78 bits per heavy atom. The Morgan fingerprint density at radius 3 is 3.22 bits per heavy atom. The van der Waals surface area contributed by atoms with Gasteiger partial charge in [0.05, 0.1) is 6.20 Å². The Kier molecular flexibility index (Phi) is 2.33. The molecule has 0 aliphatic carbocycles. The number of aromatic nitrogens is 2. The minimum absolute atomic E-state index is 0.547. The minimum Gasteiger partial charge on any atom is -0.285 e. The largest absolute Gasteiger partial charge is 0.285 e. The normalized spacial score (nSPS) is 10.8. The van der Waals surface area contributed by atoms with Crippen LogP contribution in [0, 0.1) is 0 Å². The molecule has 0 atom stereocenters. The molecule has 1 heterocycles. The van der Waals surface area contributed by atoms with Crippen molar-refractivity contribution in [3.05, 3.63) is 24.0 Å². The highest BCUT2D eigenvalue weighted by Gasteiger charge is 1.82. The van der Waals surface area contributed by atoms with Crippen LogP contribution >= 0.6 is 11.6 Å². The predicted octanol–water partition coefficient (Wildman–Crippen LogP) is 1.66. The predicted molar refractivity (Wildman–Crippen MR) is 38.3 cm³/mol. The van der Waals surface area contributed by atoms with Gasteiger partial charge in [-0.25, -0.2) is 0 Å². The standard InChI is InChI=1S/C6H7ClN2/c7-3-1-2-6-4-8-9-5-6/h1-2,4-5H,3H2,(H,8,9). The smallest absolute Gasteiger partial charge is 0.0559 e. The Labute approximate surface area is 58.5 Å². The third kappa shape index (κ3) is 1.90. The van der Waals surface area contributed by atoms with Crippen LogP contribution in [0.1, 0.15) is 5.56 Å². The molecule has 0 fully saturated rings. The summed E-state index contributed by atoms with van der Waals surface area (Å²) in [5.41, 5.74) is 1.05. The number of alkyl halides is 1. The lowest BCUT2D eigenvalue weighted by atomic mass is 10.3. The van der Waals surface area contributed by atoms with Gasteiger partial charge in [-0.15, -0.1) is 11.6 Å². The van der Waals surface area contributed by atoms with Crippen LogP contribution in [0.3, 0.4) is 0 Å². The molecule has 48 valence electrons. The molecule has 3 heteroatoms. The number of H-pyrrole nitrogens is 1. The Hall–Kier alpha value is -0.760. The van der Waals surface area contributed by atoms with Crippen molar-refractivity contribution >= 4 is 17.7 Å². The van der Waals surface area contributed by atoms with Crippen LogP contribution < -0.4 is 0 Å². The molecule has 0 saturated heterocycles. The maximum absolute atomic E-state index is 5.40. The first-order chi connectivity index (χ1) is 4.43. The molecule has 1 aromatic heterocycles. The van der Waals surface area contributed by atoms with E-state index in [1.54, 1.807) is 6.20 Å². The first-order valence-electron chi connectivity index (χ1n) is 2.65. The van der Waals surface area contributed by atoms with Gasteiger partial charge < -0.3 is 0 Å². The summed E-state index contributed by atoms with van der Waals surface area (Å²) in [5.74, 6) is 0.547. The number of aromatic amines is 1. The van der Waals surface area contributed by atoms with Crippen LogP contribution in [0.4, 0.5) is 0 Å². The van der Waals surface area contributed by atoms with Crippen LogP contribution in [0.25, 0.3) is 6.08 Å². The lowest BCUT2D eigenvalue weighted by molar-refractivity contribution is 1.09. The van der Waals surface area contributed by atoms with E-state index in [4.69, 9.17) is 11.6 Å². The number of nitrogens with zero attached hydrogens (tertiary/aromatic N) is 1. The van der Waals surface area contributed by atoms with E-state index in [9.17, 15) is 0 Å². The zero-order valence-corrected chi connectivity index (χ0v) is 5.60. The van der Waals surface area contributed by atoms with E-state index < -0.39 is 0 Å². The molecule has 1 N–H and O–H groups in total. The highest BCUT2D eigenvalue weighted by Crippen LogP contribution is 1.96. The minimum atomic E-state index is 0.547. The zero-order valence-electron chi connectivity index (χ0n) is 4.84. The lowest BCUT2D eigenvalue weighted by Gasteiger charge is -1.76. The second-order valence-electron chi connectivity index (χ2n) is 1.59. The van der Waals surface area contributed by atoms with Crippen LogP contribution in [0.15, 0.2) is 18.5 Å². The molecule has 1 rings (SSSR count). The molecule has 0 aliphatic rings. The van der Waals surface area contributed by atoms with Crippen LogP contribution in [-0.2, 0) is 0 Å². The molecule has 0 spiro atoms. The summed E-state index contributed by atoms with van der Waals surface area (Å²) in [6, 6.07) is 0. The van der Waals surface area contributed by atoms with Crippen molar-refractivity contribution < 1.29 is 0 Å². The first-order valence-corrected chi connectivity index (χ1v) is 3.18. The van der Waals surface area contributed by atoms with Gasteiger partial charge in [0.1, 0.15) is 0 Å². The van der Waals surface area contributed by atoms with E-state index in [1.807, 2.05) is 18.3 Å². The quantitative estimate of drug-likeness (QED) is 0.626. The average Bonchev–Trinajstić information content (AvgIpc) is 2.34. The molecule has 0 aliphatic heterocycles. The van der Waals surface area contributed by atoms with E-state index in [0.717, 1.165) is 5.56 Å². The highest BCUT2D eigenvalue weighted by molar-refractivity contribution is 6.19. The molecule has 0 aromatic carbocycles. The van der Waals surface area contributed by atoms with Gasteiger partial charge in [0.2, 0.25) is 0 Å². The van der Waals surface area contributed by atoms with Crippen LogP contribution in [0.2, 0.25) is 0 Å². The summed E-state index contributed by atoms with van der Waals surface area (Å²) in [5, 5.41) is 6.45. The topological polar surface area (TPSA) is 28.7 Å². The van der Waals surface area contributed by atoms with Crippen LogP contribution in [-0.4, -0.2) is 16.1 Å². The van der Waals surface area contributed by atoms with Gasteiger partial charge in [0.15, 0.2) is 0 Å². The molecule has 0 amide bonds. The number of nitrogens with one attached hydrogen (secondary N) is 1. The van der Waals surface area contributed by atoms with Crippen molar-refractivity contribution in [2.75, 3.05) is 5.88 Å². The van der Waals surface area contributed by atoms with Gasteiger partial charge in [-0.05, 0) is 0 Å². The average molecular weight is 143 g/mol. The molecule has 0 bridgehead atoms. The van der Waals surface area contributed by atoms with Gasteiger partial charge in [0.25, 0.3) is 0 Å². The summed E-state index contributed by atoms with van der Waals surface area (Å²) < 4.78 is 0. The van der Waals surface area contributed by atoms with Crippen molar-refractivity contribution in [1.82, 2.24) is 10.2 Å². The summed E-state index contributed by atoms with van der Waals surface area (Å²) in [6.07, 6.45) is 7.33. The maximum Gasteiger partial charge on any atom is 0.0559 e. The number of rotatable bonds is 2. The van der Waals surface area contributed by atoms with Crippen molar-refractivity contribution in [1.29, 1.82) is 0 Å². The molecular formula is C6H7ClN2. The third-order valence-electron chi connectivity index (χ3n) is 0.919. The fourth-order valence-electron chi connectivity index (χ4n) is 0.533. The number of hydrogen-bond donors (Lipinski definition) is 1. The van der Waals surface area contributed by atoms with Crippen LogP contribution in [0.5, 0.6) is 0 Å². The van der Waals surface area contributed by atoms with Gasteiger partial charge in [0, 0.05) is 17.6 Å². The van der Waals surface area contributed by atoms with E-state index in [-0.39, 0.29) is 0 Å². The first kappa shape index (κ1) is 6.36. The molecule has 9 heavy (non-hydrogen) atoms. The zero-order chi connectivity index (χ0) is 6.53. The SMILES string of the molecule is ClCC=Cc1cn[nH]c1. The van der Waals surface area contributed by atoms with Crippen molar-refractivity contribution in [2.24, 2.45) is 0 Å². The third-order valence-corrected chi connectivity index (χ3v) is 1.10. The lowest BCUT2D eigenvalue weighted by Crippen LogP contribution is -1.61. The summed E-state index contributed by atoms with van der Waals surface area (Å²) >= 11 is 5.40. The second kappa shape index (κ2) is 3.30. The van der Waals surface area contributed by atoms with Crippen molar-refractivity contribution in [2.45, 2.75) is 0 Å². The monoisotopic (exact) mass is 142 g/mol. The maximum atomic E-state index is 5.40. The van der Waals surface area contributed by atoms with E-state index >= 15 is 0 Å². The molecule has 0 saturated carbocycles. The van der Waals surface area contributed by atoms with E-state index in [0.29, 0.717) is 5.88 Å². The Bertz CT molecular complexity index is 179. The Balaban J connectivity index is 2.57. The summed E-state index contributed by atoms with van der Waals surface area (Å²) in [4.78, 5) is 0. The number of allylic oxidation sites excluding steroid dienone is 1. The van der Waals surface area contributed by atoms with Gasteiger partial charge in [-0.2, -0.15) is 5.10 Å². The van der Waals surface area contributed by atoms with Crippen molar-refractivity contribution in [3.63, 3.8) is 0 Å². The molecular weight excluding hydrogens is 136 g/mol. The Morgan fingerprint density at radius 2 is 2.67 bits per heavy atom. The van der Waals surface area contributed by atoms with E-state index in [2.05, 4.69) is 10.2 Å². The summed E-state index contributed by atoms with van der Waals surface area (Å²) in [6.45, 7) is 0. The van der Waals surface area contributed by atoms with Gasteiger partial charge in [-0.1, -0.05) is 12.2 Å². The second-order valence-corrected chi connectivity index (χ2v) is 1.90. The fourth-order valence-corrected chi connectivity index (χ4v) is 0.622. The van der Waals surface area contributed by atoms with Gasteiger partial charge >= 0.3 is 0 Å². The highest BCUT2D eigenvalue weighted by atomic mass is 35.5. The molecule has 0 radical (unpaired) electrons. The molecule has 2 nitrogen and oxygen atoms in total. The molecule has 1 aromatic rings. The summed E-state index contributed by atoms with van der Waals surface area (Å²) in [7, 11) is 0. The number of halogens is 1. The number of hydrogen-bond acceptors (Lipinski definition) is 1. The molecule has 0 unspecified atom stereocenters. The van der Waals surface area contributed by atoms with E-state index in [1.165, 1.54) is 0 Å². The van der Waals surface area contributed by atoms with Gasteiger partial charge in [-0.3, -0.25) is 5.10 Å². The fraction of sp³-hybridized carbons (Fsp3) is 0.167.